The summed E-state index contributed by atoms with van der Waals surface area (Å²) in [5.74, 6) is -0.0851. The van der Waals surface area contributed by atoms with Gasteiger partial charge in [0.25, 0.3) is 0 Å². The summed E-state index contributed by atoms with van der Waals surface area (Å²) >= 11 is 0. The molecule has 0 aliphatic carbocycles. The van der Waals surface area contributed by atoms with Crippen molar-refractivity contribution in [1.82, 2.24) is 14.7 Å². The van der Waals surface area contributed by atoms with Crippen molar-refractivity contribution in [2.24, 2.45) is 0 Å². The van der Waals surface area contributed by atoms with Gasteiger partial charge in [0, 0.05) is 24.9 Å². The van der Waals surface area contributed by atoms with E-state index in [0.717, 1.165) is 5.69 Å². The van der Waals surface area contributed by atoms with Crippen LogP contribution in [0.2, 0.25) is 0 Å². The van der Waals surface area contributed by atoms with Gasteiger partial charge in [0.2, 0.25) is 10.0 Å². The summed E-state index contributed by atoms with van der Waals surface area (Å²) in [4.78, 5) is 6.73. The van der Waals surface area contributed by atoms with Crippen LogP contribution in [0, 0.1) is 0 Å². The molecule has 1 saturated heterocycles. The summed E-state index contributed by atoms with van der Waals surface area (Å²) in [6.45, 7) is 0.285. The molecule has 1 aromatic heterocycles. The Labute approximate surface area is 112 Å². The molecular weight excluding hydrogens is 290 g/mol. The Morgan fingerprint density at radius 3 is 2.63 bits per heavy atom. The van der Waals surface area contributed by atoms with Crippen molar-refractivity contribution in [3.05, 3.63) is 18.2 Å². The fourth-order valence-corrected chi connectivity index (χ4v) is 5.31. The van der Waals surface area contributed by atoms with Crippen molar-refractivity contribution in [1.29, 1.82) is 0 Å². The molecule has 0 spiro atoms. The largest absolute Gasteiger partial charge is 0.348 e. The van der Waals surface area contributed by atoms with Gasteiger partial charge in [-0.3, -0.25) is 0 Å². The highest BCUT2D eigenvalue weighted by Gasteiger charge is 2.32. The predicted molar refractivity (Wildman–Crippen MR) is 70.9 cm³/mol. The summed E-state index contributed by atoms with van der Waals surface area (Å²) in [6, 6.07) is 0. The quantitative estimate of drug-likeness (QED) is 0.758. The van der Waals surface area contributed by atoms with Crippen LogP contribution in [-0.4, -0.2) is 50.1 Å². The number of nitrogens with zero attached hydrogens (tertiary/aromatic N) is 1. The van der Waals surface area contributed by atoms with Gasteiger partial charge in [-0.25, -0.2) is 26.5 Å². The van der Waals surface area contributed by atoms with Gasteiger partial charge in [0.15, 0.2) is 0 Å². The molecule has 0 atom stereocenters. The SMILES string of the molecule is O=S1(=O)CCC(S(=O)(=O)NCCc2cnc[nH]2)CC1. The first-order chi connectivity index (χ1) is 8.89. The molecule has 7 nitrogen and oxygen atoms in total. The number of H-pyrrole nitrogens is 1. The van der Waals surface area contributed by atoms with Crippen LogP contribution >= 0.6 is 0 Å². The molecule has 108 valence electrons. The Morgan fingerprint density at radius 1 is 1.37 bits per heavy atom. The van der Waals surface area contributed by atoms with Crippen LogP contribution in [0.3, 0.4) is 0 Å². The maximum absolute atomic E-state index is 12.0. The van der Waals surface area contributed by atoms with Crippen LogP contribution in [0.4, 0.5) is 0 Å². The van der Waals surface area contributed by atoms with E-state index in [1.165, 1.54) is 6.33 Å². The number of aromatic amines is 1. The molecule has 0 radical (unpaired) electrons. The van der Waals surface area contributed by atoms with Crippen LogP contribution in [0.25, 0.3) is 0 Å². The topological polar surface area (TPSA) is 109 Å². The minimum absolute atomic E-state index is 0.0425. The average Bonchev–Trinajstić information content (AvgIpc) is 2.81. The smallest absolute Gasteiger partial charge is 0.214 e. The summed E-state index contributed by atoms with van der Waals surface area (Å²) in [6.07, 6.45) is 4.07. The third kappa shape index (κ3) is 4.02. The van der Waals surface area contributed by atoms with E-state index in [0.29, 0.717) is 6.42 Å². The van der Waals surface area contributed by atoms with Crippen LogP contribution in [0.15, 0.2) is 12.5 Å². The summed E-state index contributed by atoms with van der Waals surface area (Å²) < 4.78 is 49.0. The molecule has 0 bridgehead atoms. The number of aromatic nitrogens is 2. The van der Waals surface area contributed by atoms with Crippen molar-refractivity contribution >= 4 is 19.9 Å². The first-order valence-electron chi connectivity index (χ1n) is 6.05. The van der Waals surface area contributed by atoms with Gasteiger partial charge in [0.1, 0.15) is 9.84 Å². The van der Waals surface area contributed by atoms with E-state index < -0.39 is 25.1 Å². The number of nitrogens with one attached hydrogen (secondary N) is 2. The molecule has 9 heteroatoms. The molecule has 2 heterocycles. The molecule has 1 aliphatic heterocycles. The molecule has 0 amide bonds. The zero-order chi connectivity index (χ0) is 13.9. The molecule has 0 aromatic carbocycles. The Hall–Kier alpha value is -0.930. The third-order valence-corrected chi connectivity index (χ3v) is 6.86. The number of hydrogen-bond acceptors (Lipinski definition) is 5. The zero-order valence-corrected chi connectivity index (χ0v) is 12.0. The zero-order valence-electron chi connectivity index (χ0n) is 10.4. The number of sulfonamides is 1. The van der Waals surface area contributed by atoms with E-state index >= 15 is 0 Å². The lowest BCUT2D eigenvalue weighted by molar-refractivity contribution is 0.542. The van der Waals surface area contributed by atoms with E-state index in [1.54, 1.807) is 6.20 Å². The Bertz CT molecular complexity index is 593. The van der Waals surface area contributed by atoms with Gasteiger partial charge in [-0.2, -0.15) is 0 Å². The highest BCUT2D eigenvalue weighted by molar-refractivity contribution is 7.92. The molecule has 1 aliphatic rings. The summed E-state index contributed by atoms with van der Waals surface area (Å²) in [7, 11) is -6.47. The Kier molecular flexibility index (Phi) is 4.26. The first-order valence-corrected chi connectivity index (χ1v) is 9.42. The highest BCUT2D eigenvalue weighted by Crippen LogP contribution is 2.18. The minimum atomic E-state index is -3.44. The fraction of sp³-hybridized carbons (Fsp3) is 0.700. The molecule has 2 rings (SSSR count). The Morgan fingerprint density at radius 2 is 2.05 bits per heavy atom. The van der Waals surface area contributed by atoms with Crippen molar-refractivity contribution in [3.8, 4) is 0 Å². The van der Waals surface area contributed by atoms with E-state index in [9.17, 15) is 16.8 Å². The molecule has 1 fully saturated rings. The number of rotatable bonds is 5. The highest BCUT2D eigenvalue weighted by atomic mass is 32.2. The van der Waals surface area contributed by atoms with E-state index in [4.69, 9.17) is 0 Å². The molecule has 0 unspecified atom stereocenters. The van der Waals surface area contributed by atoms with Crippen molar-refractivity contribution in [3.63, 3.8) is 0 Å². The predicted octanol–water partition coefficient (Wildman–Crippen LogP) is -0.551. The lowest BCUT2D eigenvalue weighted by atomic mass is 10.2. The molecule has 1 aromatic rings. The second-order valence-corrected chi connectivity index (χ2v) is 8.97. The van der Waals surface area contributed by atoms with Gasteiger partial charge in [-0.1, -0.05) is 0 Å². The Balaban J connectivity index is 1.85. The van der Waals surface area contributed by atoms with Gasteiger partial charge < -0.3 is 4.98 Å². The maximum Gasteiger partial charge on any atom is 0.214 e. The fourth-order valence-electron chi connectivity index (χ4n) is 2.05. The van der Waals surface area contributed by atoms with E-state index in [-0.39, 0.29) is 30.9 Å². The lowest BCUT2D eigenvalue weighted by Gasteiger charge is -2.22. The second kappa shape index (κ2) is 5.59. The van der Waals surface area contributed by atoms with Crippen LogP contribution in [0.1, 0.15) is 18.5 Å². The molecule has 19 heavy (non-hydrogen) atoms. The summed E-state index contributed by atoms with van der Waals surface area (Å²) in [5, 5.41) is -0.599. The first kappa shape index (κ1) is 14.5. The van der Waals surface area contributed by atoms with Crippen LogP contribution < -0.4 is 4.72 Å². The van der Waals surface area contributed by atoms with Gasteiger partial charge >= 0.3 is 0 Å². The molecule has 2 N–H and O–H groups in total. The van der Waals surface area contributed by atoms with Crippen molar-refractivity contribution < 1.29 is 16.8 Å². The van der Waals surface area contributed by atoms with Gasteiger partial charge in [-0.05, 0) is 12.8 Å². The standard InChI is InChI=1S/C10H17N3O4S2/c14-18(15)5-2-10(3-6-18)19(16,17)13-4-1-9-7-11-8-12-9/h7-8,10,13H,1-6H2,(H,11,12). The van der Waals surface area contributed by atoms with Gasteiger partial charge in [0.05, 0.1) is 23.1 Å². The summed E-state index contributed by atoms with van der Waals surface area (Å²) in [5.41, 5.74) is 0.855. The minimum Gasteiger partial charge on any atom is -0.348 e. The van der Waals surface area contributed by atoms with Crippen LogP contribution in [0.5, 0.6) is 0 Å². The van der Waals surface area contributed by atoms with Crippen molar-refractivity contribution in [2.45, 2.75) is 24.5 Å². The average molecular weight is 307 g/mol. The maximum atomic E-state index is 12.0. The normalized spacial score (nSPS) is 20.4. The number of sulfone groups is 1. The van der Waals surface area contributed by atoms with Crippen molar-refractivity contribution in [2.75, 3.05) is 18.1 Å². The number of hydrogen-bond donors (Lipinski definition) is 2. The number of imidazole rings is 1. The third-order valence-electron chi connectivity index (χ3n) is 3.19. The van der Waals surface area contributed by atoms with Crippen LogP contribution in [-0.2, 0) is 26.3 Å². The van der Waals surface area contributed by atoms with E-state index in [2.05, 4.69) is 14.7 Å². The molecule has 0 saturated carbocycles. The molecular formula is C10H17N3O4S2. The van der Waals surface area contributed by atoms with Gasteiger partial charge in [-0.15, -0.1) is 0 Å². The monoisotopic (exact) mass is 307 g/mol. The van der Waals surface area contributed by atoms with E-state index in [1.807, 2.05) is 0 Å². The lowest BCUT2D eigenvalue weighted by Crippen LogP contribution is -2.40. The second-order valence-electron chi connectivity index (χ2n) is 4.62.